The fraction of sp³-hybridized carbons (Fsp3) is 0.200. The van der Waals surface area contributed by atoms with Crippen molar-refractivity contribution < 1.29 is 9.21 Å². The molecule has 0 atom stereocenters. The standard InChI is InChI=1S/C15H13N3O4S/c1-8-5-12(20)22-10-3-4-18(14(21)13(8)10)6-11(19)17-15-16-9(2)7-23-15/h3-5,7H,6H2,1-2H3,(H,16,17,19). The van der Waals surface area contributed by atoms with Gasteiger partial charge in [0.15, 0.2) is 5.13 Å². The quantitative estimate of drug-likeness (QED) is 0.788. The van der Waals surface area contributed by atoms with Gasteiger partial charge >= 0.3 is 5.63 Å². The molecule has 0 fully saturated rings. The van der Waals surface area contributed by atoms with Crippen molar-refractivity contribution >= 4 is 33.3 Å². The molecule has 8 heteroatoms. The molecular weight excluding hydrogens is 318 g/mol. The molecule has 23 heavy (non-hydrogen) atoms. The molecule has 0 aliphatic heterocycles. The van der Waals surface area contributed by atoms with Gasteiger partial charge in [-0.05, 0) is 25.5 Å². The average Bonchev–Trinajstić information content (AvgIpc) is 2.86. The first-order chi connectivity index (χ1) is 10.9. The van der Waals surface area contributed by atoms with Gasteiger partial charge in [-0.15, -0.1) is 11.3 Å². The molecule has 0 aliphatic rings. The van der Waals surface area contributed by atoms with E-state index >= 15 is 0 Å². The smallest absolute Gasteiger partial charge is 0.336 e. The number of anilines is 1. The Bertz CT molecular complexity index is 1020. The van der Waals surface area contributed by atoms with Crippen LogP contribution in [0.4, 0.5) is 5.13 Å². The fourth-order valence-corrected chi connectivity index (χ4v) is 2.95. The van der Waals surface area contributed by atoms with E-state index in [9.17, 15) is 14.4 Å². The van der Waals surface area contributed by atoms with Crippen molar-refractivity contribution in [2.24, 2.45) is 0 Å². The highest BCUT2D eigenvalue weighted by atomic mass is 32.1. The lowest BCUT2D eigenvalue weighted by molar-refractivity contribution is -0.116. The minimum Gasteiger partial charge on any atom is -0.422 e. The van der Waals surface area contributed by atoms with Gasteiger partial charge in [0.2, 0.25) is 5.91 Å². The molecule has 0 aromatic carbocycles. The van der Waals surface area contributed by atoms with Crippen LogP contribution in [-0.2, 0) is 11.3 Å². The third-order valence-electron chi connectivity index (χ3n) is 3.25. The van der Waals surface area contributed by atoms with E-state index in [2.05, 4.69) is 10.3 Å². The van der Waals surface area contributed by atoms with Crippen molar-refractivity contribution in [3.8, 4) is 0 Å². The van der Waals surface area contributed by atoms with Crippen molar-refractivity contribution in [3.63, 3.8) is 0 Å². The average molecular weight is 331 g/mol. The number of rotatable bonds is 3. The van der Waals surface area contributed by atoms with Crippen LogP contribution in [0.2, 0.25) is 0 Å². The van der Waals surface area contributed by atoms with E-state index in [-0.39, 0.29) is 23.6 Å². The number of aromatic nitrogens is 2. The summed E-state index contributed by atoms with van der Waals surface area (Å²) in [5, 5.41) is 5.25. The maximum atomic E-state index is 12.5. The van der Waals surface area contributed by atoms with Crippen LogP contribution < -0.4 is 16.5 Å². The van der Waals surface area contributed by atoms with Crippen LogP contribution in [0.15, 0.2) is 37.7 Å². The highest BCUT2D eigenvalue weighted by Crippen LogP contribution is 2.14. The van der Waals surface area contributed by atoms with E-state index in [0.29, 0.717) is 16.1 Å². The zero-order chi connectivity index (χ0) is 16.6. The molecule has 118 valence electrons. The van der Waals surface area contributed by atoms with Crippen molar-refractivity contribution in [2.75, 3.05) is 5.32 Å². The van der Waals surface area contributed by atoms with Crippen molar-refractivity contribution in [3.05, 3.63) is 55.7 Å². The number of fused-ring (bicyclic) bond motifs is 1. The van der Waals surface area contributed by atoms with Crippen molar-refractivity contribution in [1.82, 2.24) is 9.55 Å². The monoisotopic (exact) mass is 331 g/mol. The lowest BCUT2D eigenvalue weighted by atomic mass is 10.2. The summed E-state index contributed by atoms with van der Waals surface area (Å²) in [6.45, 7) is 3.34. The van der Waals surface area contributed by atoms with Gasteiger partial charge < -0.3 is 14.3 Å². The van der Waals surface area contributed by atoms with Gasteiger partial charge in [-0.1, -0.05) is 0 Å². The van der Waals surface area contributed by atoms with Crippen LogP contribution >= 0.6 is 11.3 Å². The van der Waals surface area contributed by atoms with Gasteiger partial charge in [0, 0.05) is 17.6 Å². The number of carbonyl (C=O) groups excluding carboxylic acids is 1. The maximum absolute atomic E-state index is 12.5. The summed E-state index contributed by atoms with van der Waals surface area (Å²) in [7, 11) is 0. The zero-order valence-electron chi connectivity index (χ0n) is 12.5. The molecule has 3 aromatic rings. The molecule has 3 rings (SSSR count). The first-order valence-electron chi connectivity index (χ1n) is 6.80. The highest BCUT2D eigenvalue weighted by Gasteiger charge is 2.12. The van der Waals surface area contributed by atoms with Gasteiger partial charge in [-0.2, -0.15) is 0 Å². The Labute approximate surface area is 134 Å². The molecule has 0 aliphatic carbocycles. The SMILES string of the molecule is Cc1csc(NC(=O)Cn2ccc3oc(=O)cc(C)c3c2=O)n1. The van der Waals surface area contributed by atoms with E-state index in [0.717, 1.165) is 5.69 Å². The van der Waals surface area contributed by atoms with Crippen LogP contribution in [-0.4, -0.2) is 15.5 Å². The third-order valence-corrected chi connectivity index (χ3v) is 4.12. The molecule has 0 bridgehead atoms. The van der Waals surface area contributed by atoms with Crippen LogP contribution in [0.3, 0.4) is 0 Å². The molecule has 7 nitrogen and oxygen atoms in total. The highest BCUT2D eigenvalue weighted by molar-refractivity contribution is 7.13. The molecule has 0 spiro atoms. The first kappa shape index (κ1) is 15.2. The number of carbonyl (C=O) groups is 1. The Hall–Kier alpha value is -2.74. The molecule has 3 heterocycles. The van der Waals surface area contributed by atoms with Crippen molar-refractivity contribution in [1.29, 1.82) is 0 Å². The molecule has 0 saturated carbocycles. The van der Waals surface area contributed by atoms with Gasteiger partial charge in [-0.25, -0.2) is 9.78 Å². The molecule has 3 aromatic heterocycles. The Kier molecular flexibility index (Phi) is 3.83. The summed E-state index contributed by atoms with van der Waals surface area (Å²) in [5.41, 5.74) is 0.663. The van der Waals surface area contributed by atoms with Gasteiger partial charge in [-0.3, -0.25) is 9.59 Å². The second kappa shape index (κ2) is 5.81. The third kappa shape index (κ3) is 3.07. The van der Waals surface area contributed by atoms with Crippen LogP contribution in [0, 0.1) is 13.8 Å². The Balaban J connectivity index is 1.91. The van der Waals surface area contributed by atoms with E-state index < -0.39 is 5.63 Å². The predicted molar refractivity (Wildman–Crippen MR) is 87.0 cm³/mol. The number of hydrogen-bond acceptors (Lipinski definition) is 6. The summed E-state index contributed by atoms with van der Waals surface area (Å²) >= 11 is 1.32. The van der Waals surface area contributed by atoms with Gasteiger partial charge in [0.25, 0.3) is 5.56 Å². The van der Waals surface area contributed by atoms with Gasteiger partial charge in [0.1, 0.15) is 12.1 Å². The zero-order valence-corrected chi connectivity index (χ0v) is 13.3. The van der Waals surface area contributed by atoms with E-state index in [1.54, 1.807) is 6.92 Å². The maximum Gasteiger partial charge on any atom is 0.336 e. The minimum atomic E-state index is -0.510. The lowest BCUT2D eigenvalue weighted by Gasteiger charge is -2.07. The van der Waals surface area contributed by atoms with Crippen LogP contribution in [0.5, 0.6) is 0 Å². The summed E-state index contributed by atoms with van der Waals surface area (Å²) in [6, 6.07) is 2.76. The molecule has 0 radical (unpaired) electrons. The Morgan fingerprint density at radius 2 is 2.17 bits per heavy atom. The number of nitrogens with one attached hydrogen (secondary N) is 1. The number of amides is 1. The van der Waals surface area contributed by atoms with Crippen LogP contribution in [0.1, 0.15) is 11.3 Å². The van der Waals surface area contributed by atoms with Crippen LogP contribution in [0.25, 0.3) is 11.0 Å². The largest absolute Gasteiger partial charge is 0.422 e. The number of thiazole rings is 1. The van der Waals surface area contributed by atoms with Gasteiger partial charge in [0.05, 0.1) is 11.1 Å². The summed E-state index contributed by atoms with van der Waals surface area (Å²) in [5.74, 6) is -0.351. The first-order valence-corrected chi connectivity index (χ1v) is 7.68. The molecule has 1 amide bonds. The summed E-state index contributed by atoms with van der Waals surface area (Å²) in [4.78, 5) is 40.0. The molecule has 0 unspecified atom stereocenters. The van der Waals surface area contributed by atoms with E-state index in [1.165, 1.54) is 34.2 Å². The Morgan fingerprint density at radius 3 is 2.87 bits per heavy atom. The number of hydrogen-bond donors (Lipinski definition) is 1. The summed E-state index contributed by atoms with van der Waals surface area (Å²) in [6.07, 6.45) is 1.43. The molecule has 0 saturated heterocycles. The molecular formula is C15H13N3O4S. The summed E-state index contributed by atoms with van der Waals surface area (Å²) < 4.78 is 6.27. The van der Waals surface area contributed by atoms with Crippen molar-refractivity contribution in [2.45, 2.75) is 20.4 Å². The second-order valence-electron chi connectivity index (χ2n) is 5.08. The number of pyridine rings is 1. The number of aryl methyl sites for hydroxylation is 2. The lowest BCUT2D eigenvalue weighted by Crippen LogP contribution is -2.27. The van der Waals surface area contributed by atoms with E-state index in [4.69, 9.17) is 4.42 Å². The topological polar surface area (TPSA) is 94.2 Å². The Morgan fingerprint density at radius 1 is 1.39 bits per heavy atom. The fourth-order valence-electron chi connectivity index (χ4n) is 2.24. The minimum absolute atomic E-state index is 0.147. The normalized spacial score (nSPS) is 10.9. The predicted octanol–water partition coefficient (Wildman–Crippen LogP) is 1.67. The number of nitrogens with zero attached hydrogens (tertiary/aromatic N) is 2. The van der Waals surface area contributed by atoms with E-state index in [1.807, 2.05) is 12.3 Å². The second-order valence-corrected chi connectivity index (χ2v) is 5.94. The molecule has 1 N–H and O–H groups in total.